The first-order chi connectivity index (χ1) is 10.0. The van der Waals surface area contributed by atoms with Crippen molar-refractivity contribution in [3.8, 4) is 0 Å². The van der Waals surface area contributed by atoms with Gasteiger partial charge >= 0.3 is 0 Å². The average Bonchev–Trinajstić information content (AvgIpc) is 2.46. The van der Waals surface area contributed by atoms with E-state index < -0.39 is 9.84 Å². The first-order valence-corrected chi connectivity index (χ1v) is 9.29. The van der Waals surface area contributed by atoms with Gasteiger partial charge in [-0.1, -0.05) is 24.6 Å². The molecule has 1 aliphatic carbocycles. The fourth-order valence-corrected chi connectivity index (χ4v) is 4.20. The van der Waals surface area contributed by atoms with Gasteiger partial charge in [-0.25, -0.2) is 13.4 Å². The van der Waals surface area contributed by atoms with Crippen molar-refractivity contribution in [1.82, 2.24) is 4.98 Å². The second-order valence-electron chi connectivity index (χ2n) is 5.85. The Hall–Kier alpha value is -1.62. The molecule has 0 aliphatic heterocycles. The summed E-state index contributed by atoms with van der Waals surface area (Å²) < 4.78 is 23.4. The number of hydrogen-bond acceptors (Lipinski definition) is 4. The summed E-state index contributed by atoms with van der Waals surface area (Å²) in [4.78, 5) is 4.60. The first kappa shape index (κ1) is 14.3. The molecule has 2 aromatic rings. The summed E-state index contributed by atoms with van der Waals surface area (Å²) in [7, 11) is -2.95. The molecule has 5 heteroatoms. The van der Waals surface area contributed by atoms with Gasteiger partial charge in [-0.2, -0.15) is 0 Å². The fraction of sp³-hybridized carbons (Fsp3) is 0.438. The fourth-order valence-electron chi connectivity index (χ4n) is 3.02. The molecule has 0 radical (unpaired) electrons. The number of fused-ring (bicyclic) bond motifs is 1. The van der Waals surface area contributed by atoms with E-state index in [0.717, 1.165) is 36.0 Å². The van der Waals surface area contributed by atoms with Crippen LogP contribution in [-0.4, -0.2) is 30.9 Å². The predicted octanol–water partition coefficient (Wildman–Crippen LogP) is 3.00. The molecule has 0 spiro atoms. The molecular weight excluding hydrogens is 284 g/mol. The number of rotatable bonds is 3. The van der Waals surface area contributed by atoms with Gasteiger partial charge in [0.15, 0.2) is 0 Å². The highest BCUT2D eigenvalue weighted by Crippen LogP contribution is 2.26. The molecule has 1 fully saturated rings. The molecule has 1 N–H and O–H groups in total. The van der Waals surface area contributed by atoms with Crippen molar-refractivity contribution in [2.24, 2.45) is 0 Å². The third-order valence-corrected chi connectivity index (χ3v) is 5.82. The van der Waals surface area contributed by atoms with Gasteiger partial charge in [0.05, 0.1) is 10.8 Å². The van der Waals surface area contributed by atoms with Gasteiger partial charge in [0.2, 0.25) is 0 Å². The second-order valence-corrected chi connectivity index (χ2v) is 8.17. The molecule has 2 atom stereocenters. The van der Waals surface area contributed by atoms with Gasteiger partial charge in [0.25, 0.3) is 0 Å². The zero-order valence-electron chi connectivity index (χ0n) is 12.1. The maximum absolute atomic E-state index is 11.7. The number of nitrogens with zero attached hydrogens (tertiary/aromatic N) is 1. The van der Waals surface area contributed by atoms with Crippen LogP contribution in [0.1, 0.15) is 25.7 Å². The van der Waals surface area contributed by atoms with Crippen LogP contribution in [0.3, 0.4) is 0 Å². The van der Waals surface area contributed by atoms with Gasteiger partial charge in [0, 0.05) is 17.7 Å². The van der Waals surface area contributed by atoms with Crippen molar-refractivity contribution >= 4 is 26.6 Å². The number of nitrogens with one attached hydrogen (secondary N) is 1. The van der Waals surface area contributed by atoms with Gasteiger partial charge in [-0.05, 0) is 37.5 Å². The molecule has 3 rings (SSSR count). The van der Waals surface area contributed by atoms with Crippen LogP contribution in [0.25, 0.3) is 10.9 Å². The molecule has 4 nitrogen and oxygen atoms in total. The summed E-state index contributed by atoms with van der Waals surface area (Å²) in [6, 6.07) is 12.2. The SMILES string of the molecule is CS(=O)(=O)C1CCCC(Nc2ccc3ccccc3n2)C1. The van der Waals surface area contributed by atoms with Crippen LogP contribution in [0.2, 0.25) is 0 Å². The van der Waals surface area contributed by atoms with E-state index in [2.05, 4.69) is 10.3 Å². The maximum Gasteiger partial charge on any atom is 0.150 e. The topological polar surface area (TPSA) is 59.1 Å². The number of para-hydroxylation sites is 1. The molecule has 1 aromatic carbocycles. The lowest BCUT2D eigenvalue weighted by Gasteiger charge is -2.29. The Bertz CT molecular complexity index is 743. The molecule has 1 aliphatic rings. The Labute approximate surface area is 125 Å². The number of hydrogen-bond donors (Lipinski definition) is 1. The summed E-state index contributed by atoms with van der Waals surface area (Å²) in [5.74, 6) is 0.827. The smallest absolute Gasteiger partial charge is 0.150 e. The number of pyridine rings is 1. The molecule has 112 valence electrons. The molecule has 0 bridgehead atoms. The molecule has 0 amide bonds. The first-order valence-electron chi connectivity index (χ1n) is 7.33. The van der Waals surface area contributed by atoms with Crippen molar-refractivity contribution in [2.45, 2.75) is 37.0 Å². The quantitative estimate of drug-likeness (QED) is 0.947. The Balaban J connectivity index is 1.75. The predicted molar refractivity (Wildman–Crippen MR) is 86.3 cm³/mol. The van der Waals surface area contributed by atoms with E-state index in [1.165, 1.54) is 6.26 Å². The van der Waals surface area contributed by atoms with E-state index in [1.54, 1.807) is 0 Å². The Kier molecular flexibility index (Phi) is 3.85. The van der Waals surface area contributed by atoms with Crippen molar-refractivity contribution < 1.29 is 8.42 Å². The highest BCUT2D eigenvalue weighted by molar-refractivity contribution is 7.91. The van der Waals surface area contributed by atoms with E-state index in [1.807, 2.05) is 36.4 Å². The van der Waals surface area contributed by atoms with Gasteiger partial charge in [0.1, 0.15) is 15.7 Å². The Morgan fingerprint density at radius 1 is 1.14 bits per heavy atom. The van der Waals surface area contributed by atoms with Crippen LogP contribution >= 0.6 is 0 Å². The molecule has 0 saturated heterocycles. The van der Waals surface area contributed by atoms with E-state index in [9.17, 15) is 8.42 Å². The normalized spacial score (nSPS) is 23.1. The molecule has 1 heterocycles. The van der Waals surface area contributed by atoms with Crippen LogP contribution in [0, 0.1) is 0 Å². The number of benzene rings is 1. The van der Waals surface area contributed by atoms with E-state index in [4.69, 9.17) is 0 Å². The maximum atomic E-state index is 11.7. The van der Waals surface area contributed by atoms with E-state index in [-0.39, 0.29) is 11.3 Å². The molecule has 21 heavy (non-hydrogen) atoms. The van der Waals surface area contributed by atoms with Crippen LogP contribution in [0.15, 0.2) is 36.4 Å². The zero-order chi connectivity index (χ0) is 14.9. The lowest BCUT2D eigenvalue weighted by Crippen LogP contribution is -2.34. The third kappa shape index (κ3) is 3.35. The molecule has 1 aromatic heterocycles. The Morgan fingerprint density at radius 3 is 2.76 bits per heavy atom. The van der Waals surface area contributed by atoms with Crippen molar-refractivity contribution in [3.63, 3.8) is 0 Å². The minimum atomic E-state index is -2.95. The van der Waals surface area contributed by atoms with Crippen LogP contribution in [0.5, 0.6) is 0 Å². The van der Waals surface area contributed by atoms with Crippen LogP contribution in [0.4, 0.5) is 5.82 Å². The van der Waals surface area contributed by atoms with Crippen LogP contribution in [-0.2, 0) is 9.84 Å². The summed E-state index contributed by atoms with van der Waals surface area (Å²) in [6.45, 7) is 0. The minimum absolute atomic E-state index is 0.187. The molecule has 2 unspecified atom stereocenters. The summed E-state index contributed by atoms with van der Waals surface area (Å²) in [5, 5.41) is 4.29. The summed E-state index contributed by atoms with van der Waals surface area (Å²) in [5.41, 5.74) is 0.956. The second kappa shape index (κ2) is 5.64. The van der Waals surface area contributed by atoms with Gasteiger partial charge in [-0.15, -0.1) is 0 Å². The van der Waals surface area contributed by atoms with E-state index in [0.29, 0.717) is 6.42 Å². The number of sulfone groups is 1. The highest BCUT2D eigenvalue weighted by atomic mass is 32.2. The van der Waals surface area contributed by atoms with E-state index >= 15 is 0 Å². The van der Waals surface area contributed by atoms with Crippen LogP contribution < -0.4 is 5.32 Å². The summed E-state index contributed by atoms with van der Waals surface area (Å²) >= 11 is 0. The lowest BCUT2D eigenvalue weighted by atomic mass is 9.95. The summed E-state index contributed by atoms with van der Waals surface area (Å²) in [6.07, 6.45) is 4.74. The van der Waals surface area contributed by atoms with Gasteiger partial charge in [-0.3, -0.25) is 0 Å². The molecule has 1 saturated carbocycles. The molecular formula is C16H20N2O2S. The largest absolute Gasteiger partial charge is 0.367 e. The number of anilines is 1. The van der Waals surface area contributed by atoms with Crippen molar-refractivity contribution in [2.75, 3.05) is 11.6 Å². The zero-order valence-corrected chi connectivity index (χ0v) is 12.9. The minimum Gasteiger partial charge on any atom is -0.367 e. The van der Waals surface area contributed by atoms with Gasteiger partial charge < -0.3 is 5.32 Å². The monoisotopic (exact) mass is 304 g/mol. The standard InChI is InChI=1S/C16H20N2O2S/c1-21(19,20)14-7-4-6-13(11-14)17-16-10-9-12-5-2-3-8-15(12)18-16/h2-3,5,8-10,13-14H,4,6-7,11H2,1H3,(H,17,18). The average molecular weight is 304 g/mol. The van der Waals surface area contributed by atoms with Crippen molar-refractivity contribution in [1.29, 1.82) is 0 Å². The van der Waals surface area contributed by atoms with Crippen molar-refractivity contribution in [3.05, 3.63) is 36.4 Å². The number of aromatic nitrogens is 1. The highest BCUT2D eigenvalue weighted by Gasteiger charge is 2.28. The third-order valence-electron chi connectivity index (χ3n) is 4.18. The Morgan fingerprint density at radius 2 is 1.95 bits per heavy atom. The lowest BCUT2D eigenvalue weighted by molar-refractivity contribution is 0.452.